The Morgan fingerprint density at radius 3 is 2.50 bits per heavy atom. The van der Waals surface area contributed by atoms with Crippen LogP contribution in [0.4, 0.5) is 0 Å². The van der Waals surface area contributed by atoms with Crippen molar-refractivity contribution in [2.75, 3.05) is 7.05 Å². The predicted octanol–water partition coefficient (Wildman–Crippen LogP) is 3.17. The Morgan fingerprint density at radius 1 is 1.28 bits per heavy atom. The number of benzene rings is 1. The summed E-state index contributed by atoms with van der Waals surface area (Å²) in [6.45, 7) is 0. The maximum absolute atomic E-state index is 12.3. The first-order valence-corrected chi connectivity index (χ1v) is 7.21. The normalized spacial score (nSPS) is 23.7. The number of halogens is 1. The summed E-state index contributed by atoms with van der Waals surface area (Å²) in [6, 6.07) is 6.70. The molecule has 0 saturated heterocycles. The molecule has 2 rings (SSSR count). The van der Waals surface area contributed by atoms with E-state index in [1.165, 1.54) is 12.8 Å². The second kappa shape index (κ2) is 5.74. The van der Waals surface area contributed by atoms with Gasteiger partial charge in [0.05, 0.1) is 0 Å². The summed E-state index contributed by atoms with van der Waals surface area (Å²) in [4.78, 5) is 14.5. The Kier molecular flexibility index (Phi) is 4.27. The quantitative estimate of drug-likeness (QED) is 0.852. The average molecular weight is 312 g/mol. The molecule has 98 valence electrons. The number of rotatable bonds is 2. The lowest BCUT2D eigenvalue weighted by atomic mass is 9.94. The highest BCUT2D eigenvalue weighted by Crippen LogP contribution is 2.28. The number of carbonyl (C=O) groups excluding carboxylic acids is 1. The highest BCUT2D eigenvalue weighted by molar-refractivity contribution is 9.09. The molecule has 1 N–H and O–H groups in total. The van der Waals surface area contributed by atoms with Gasteiger partial charge < -0.3 is 10.0 Å². The topological polar surface area (TPSA) is 40.5 Å². The van der Waals surface area contributed by atoms with Gasteiger partial charge in [-0.1, -0.05) is 28.8 Å². The van der Waals surface area contributed by atoms with Gasteiger partial charge in [0.25, 0.3) is 5.91 Å². The van der Waals surface area contributed by atoms with E-state index in [9.17, 15) is 9.90 Å². The molecule has 0 bridgehead atoms. The van der Waals surface area contributed by atoms with Crippen molar-refractivity contribution in [3.05, 3.63) is 29.8 Å². The third-order valence-corrected chi connectivity index (χ3v) is 4.65. The van der Waals surface area contributed by atoms with Crippen molar-refractivity contribution in [1.29, 1.82) is 0 Å². The molecule has 2 atom stereocenters. The number of nitrogens with zero attached hydrogens (tertiary/aromatic N) is 1. The number of carbonyl (C=O) groups is 1. The Labute approximate surface area is 116 Å². The lowest BCUT2D eigenvalue weighted by Gasteiger charge is -2.35. The minimum absolute atomic E-state index is 0.0198. The second-order valence-corrected chi connectivity index (χ2v) is 6.01. The molecule has 0 aromatic heterocycles. The molecule has 1 aromatic rings. The Morgan fingerprint density at radius 2 is 1.89 bits per heavy atom. The van der Waals surface area contributed by atoms with E-state index in [1.54, 1.807) is 24.3 Å². The van der Waals surface area contributed by atoms with Crippen molar-refractivity contribution in [3.63, 3.8) is 0 Å². The summed E-state index contributed by atoms with van der Waals surface area (Å²) in [5, 5.41) is 9.24. The van der Waals surface area contributed by atoms with Crippen molar-refractivity contribution in [1.82, 2.24) is 4.90 Å². The number of amides is 1. The molecule has 0 aliphatic heterocycles. The Hall–Kier alpha value is -1.03. The van der Waals surface area contributed by atoms with E-state index in [4.69, 9.17) is 0 Å². The summed E-state index contributed by atoms with van der Waals surface area (Å²) in [5.41, 5.74) is 0.626. The van der Waals surface area contributed by atoms with Crippen LogP contribution in [0.25, 0.3) is 0 Å². The lowest BCUT2D eigenvalue weighted by molar-refractivity contribution is 0.0705. The van der Waals surface area contributed by atoms with Crippen molar-refractivity contribution in [2.24, 2.45) is 0 Å². The highest BCUT2D eigenvalue weighted by Gasteiger charge is 2.29. The predicted molar refractivity (Wildman–Crippen MR) is 75.2 cm³/mol. The summed E-state index contributed by atoms with van der Waals surface area (Å²) in [6.07, 6.45) is 4.59. The number of hydrogen-bond acceptors (Lipinski definition) is 2. The molecule has 3 nitrogen and oxygen atoms in total. The molecule has 2 unspecified atom stereocenters. The molecular weight excluding hydrogens is 294 g/mol. The van der Waals surface area contributed by atoms with Crippen molar-refractivity contribution < 1.29 is 9.90 Å². The zero-order valence-electron chi connectivity index (χ0n) is 10.5. The van der Waals surface area contributed by atoms with Crippen molar-refractivity contribution >= 4 is 21.8 Å². The fraction of sp³-hybridized carbons (Fsp3) is 0.500. The second-order valence-electron chi connectivity index (χ2n) is 4.83. The van der Waals surface area contributed by atoms with Crippen LogP contribution in [-0.2, 0) is 0 Å². The molecule has 4 heteroatoms. The molecule has 0 radical (unpaired) electrons. The number of aromatic hydroxyl groups is 1. The third kappa shape index (κ3) is 2.86. The maximum atomic E-state index is 12.3. The first-order chi connectivity index (χ1) is 8.59. The van der Waals surface area contributed by atoms with Gasteiger partial charge >= 0.3 is 0 Å². The fourth-order valence-electron chi connectivity index (χ4n) is 2.46. The van der Waals surface area contributed by atoms with E-state index in [0.717, 1.165) is 12.8 Å². The van der Waals surface area contributed by atoms with Gasteiger partial charge in [-0.15, -0.1) is 0 Å². The summed E-state index contributed by atoms with van der Waals surface area (Å²) in [5.74, 6) is 0.205. The van der Waals surface area contributed by atoms with Crippen LogP contribution in [0.15, 0.2) is 24.3 Å². The van der Waals surface area contributed by atoms with E-state index < -0.39 is 0 Å². The molecule has 1 aliphatic rings. The Balaban J connectivity index is 2.10. The van der Waals surface area contributed by atoms with Crippen LogP contribution in [0.5, 0.6) is 5.75 Å². The minimum Gasteiger partial charge on any atom is -0.508 e. The molecule has 1 aromatic carbocycles. The van der Waals surface area contributed by atoms with Gasteiger partial charge in [-0.2, -0.15) is 0 Å². The minimum atomic E-state index is 0.0198. The van der Waals surface area contributed by atoms with E-state index in [0.29, 0.717) is 10.4 Å². The fourth-order valence-corrected chi connectivity index (χ4v) is 3.40. The number of phenols is 1. The number of phenolic OH excluding ortho intramolecular Hbond substituents is 1. The molecule has 1 saturated carbocycles. The van der Waals surface area contributed by atoms with Gasteiger partial charge in [-0.25, -0.2) is 0 Å². The molecule has 1 fully saturated rings. The Bertz CT molecular complexity index is 418. The van der Waals surface area contributed by atoms with Crippen molar-refractivity contribution in [2.45, 2.75) is 36.6 Å². The van der Waals surface area contributed by atoms with Gasteiger partial charge in [-0.3, -0.25) is 4.79 Å². The summed E-state index contributed by atoms with van der Waals surface area (Å²) >= 11 is 3.67. The van der Waals surface area contributed by atoms with E-state index >= 15 is 0 Å². The lowest BCUT2D eigenvalue weighted by Crippen LogP contribution is -2.44. The summed E-state index contributed by atoms with van der Waals surface area (Å²) < 4.78 is 0. The van der Waals surface area contributed by atoms with Gasteiger partial charge in [0.1, 0.15) is 5.75 Å². The zero-order chi connectivity index (χ0) is 13.1. The van der Waals surface area contributed by atoms with Gasteiger partial charge in [-0.05, 0) is 37.1 Å². The van der Waals surface area contributed by atoms with E-state index in [-0.39, 0.29) is 17.7 Å². The average Bonchev–Trinajstić information content (AvgIpc) is 2.38. The van der Waals surface area contributed by atoms with Gasteiger partial charge in [0.2, 0.25) is 0 Å². The maximum Gasteiger partial charge on any atom is 0.253 e. The van der Waals surface area contributed by atoms with E-state index in [1.807, 2.05) is 11.9 Å². The van der Waals surface area contributed by atoms with Crippen molar-refractivity contribution in [3.8, 4) is 5.75 Å². The number of hydrogen-bond donors (Lipinski definition) is 1. The van der Waals surface area contributed by atoms with Crippen LogP contribution in [0.2, 0.25) is 0 Å². The number of alkyl halides is 1. The van der Waals surface area contributed by atoms with Crippen LogP contribution in [0, 0.1) is 0 Å². The van der Waals surface area contributed by atoms with Gasteiger partial charge in [0, 0.05) is 23.5 Å². The largest absolute Gasteiger partial charge is 0.508 e. The smallest absolute Gasteiger partial charge is 0.253 e. The standard InChI is InChI=1S/C14H18BrNO2/c1-16(13-5-3-2-4-12(13)15)14(18)10-6-8-11(17)9-7-10/h6-9,12-13,17H,2-5H2,1H3. The van der Waals surface area contributed by atoms with E-state index in [2.05, 4.69) is 15.9 Å². The van der Waals surface area contributed by atoms with Crippen LogP contribution in [0.3, 0.4) is 0 Å². The zero-order valence-corrected chi connectivity index (χ0v) is 12.1. The molecule has 0 heterocycles. The molecule has 0 spiro atoms. The monoisotopic (exact) mass is 311 g/mol. The van der Waals surface area contributed by atoms with Crippen LogP contribution < -0.4 is 0 Å². The molecule has 1 aliphatic carbocycles. The highest BCUT2D eigenvalue weighted by atomic mass is 79.9. The van der Waals surface area contributed by atoms with Gasteiger partial charge in [0.15, 0.2) is 0 Å². The summed E-state index contributed by atoms with van der Waals surface area (Å²) in [7, 11) is 1.86. The molecular formula is C14H18BrNO2. The third-order valence-electron chi connectivity index (χ3n) is 3.58. The SMILES string of the molecule is CN(C(=O)c1ccc(O)cc1)C1CCCCC1Br. The van der Waals surface area contributed by atoms with Crippen LogP contribution in [0.1, 0.15) is 36.0 Å². The van der Waals surface area contributed by atoms with Crippen LogP contribution in [-0.4, -0.2) is 33.8 Å². The van der Waals surface area contributed by atoms with Crippen LogP contribution >= 0.6 is 15.9 Å². The molecule has 1 amide bonds. The molecule has 18 heavy (non-hydrogen) atoms. The first kappa shape index (κ1) is 13.4. The first-order valence-electron chi connectivity index (χ1n) is 6.30.